The van der Waals surface area contributed by atoms with E-state index in [9.17, 15) is 9.59 Å². The van der Waals surface area contributed by atoms with Gasteiger partial charge in [-0.1, -0.05) is 36.4 Å². The van der Waals surface area contributed by atoms with E-state index in [0.29, 0.717) is 16.7 Å². The first-order valence-corrected chi connectivity index (χ1v) is 9.63. The van der Waals surface area contributed by atoms with Crippen LogP contribution in [0.2, 0.25) is 0 Å². The number of benzene rings is 2. The predicted octanol–water partition coefficient (Wildman–Crippen LogP) is 3.45. The van der Waals surface area contributed by atoms with Gasteiger partial charge >= 0.3 is 0 Å². The minimum absolute atomic E-state index is 0.0334. The highest BCUT2D eigenvalue weighted by molar-refractivity contribution is 5.87. The van der Waals surface area contributed by atoms with Crippen molar-refractivity contribution in [2.75, 3.05) is 0 Å². The molecule has 2 aromatic heterocycles. The number of hydrogen-bond acceptors (Lipinski definition) is 4. The number of rotatable bonds is 5. The first-order valence-electron chi connectivity index (χ1n) is 9.63. The summed E-state index contributed by atoms with van der Waals surface area (Å²) in [5.74, 6) is 0.445. The summed E-state index contributed by atoms with van der Waals surface area (Å²) in [6.45, 7) is 4.16. The summed E-state index contributed by atoms with van der Waals surface area (Å²) in [4.78, 5) is 39.0. The number of nitrogens with one attached hydrogen (secondary N) is 1. The minimum atomic E-state index is -0.194. The molecule has 0 aliphatic heterocycles. The average Bonchev–Trinajstić information content (AvgIpc) is 2.72. The molecule has 0 atom stereocenters. The Morgan fingerprint density at radius 2 is 1.86 bits per heavy atom. The summed E-state index contributed by atoms with van der Waals surface area (Å²) in [5, 5.41) is 1.55. The van der Waals surface area contributed by atoms with Crippen molar-refractivity contribution < 1.29 is 4.79 Å². The van der Waals surface area contributed by atoms with E-state index in [2.05, 4.69) is 15.0 Å². The van der Waals surface area contributed by atoms with Crippen LogP contribution in [0.1, 0.15) is 25.2 Å². The van der Waals surface area contributed by atoms with E-state index in [0.717, 1.165) is 16.5 Å². The number of carbonyl (C=O) groups is 1. The molecule has 146 valence electrons. The number of aromatic amines is 1. The summed E-state index contributed by atoms with van der Waals surface area (Å²) in [6, 6.07) is 16.9. The first kappa shape index (κ1) is 18.8. The standard InChI is InChI=1S/C23H22N4O2/c1-15(2)27(14-20-25-19-11-4-3-10-18(19)23(29)26-20)21(28)13-17-8-5-7-16-9-6-12-24-22(16)17/h3-12,15H,13-14H2,1-2H3,(H,25,26,29). The predicted molar refractivity (Wildman–Crippen MR) is 113 cm³/mol. The summed E-state index contributed by atoms with van der Waals surface area (Å²) in [7, 11) is 0. The van der Waals surface area contributed by atoms with Gasteiger partial charge in [0.2, 0.25) is 5.91 Å². The molecule has 4 rings (SSSR count). The molecule has 6 heteroatoms. The zero-order valence-electron chi connectivity index (χ0n) is 16.4. The molecule has 0 saturated heterocycles. The number of hydrogen-bond donors (Lipinski definition) is 1. The fraction of sp³-hybridized carbons (Fsp3) is 0.217. The maximum Gasteiger partial charge on any atom is 0.258 e. The smallest absolute Gasteiger partial charge is 0.258 e. The molecule has 2 aromatic carbocycles. The molecule has 0 saturated carbocycles. The van der Waals surface area contributed by atoms with Crippen molar-refractivity contribution in [2.45, 2.75) is 32.9 Å². The highest BCUT2D eigenvalue weighted by Crippen LogP contribution is 2.18. The van der Waals surface area contributed by atoms with Gasteiger partial charge in [-0.25, -0.2) is 4.98 Å². The van der Waals surface area contributed by atoms with Gasteiger partial charge in [-0.3, -0.25) is 14.6 Å². The van der Waals surface area contributed by atoms with Crippen LogP contribution in [0.5, 0.6) is 0 Å². The quantitative estimate of drug-likeness (QED) is 0.570. The Hall–Kier alpha value is -3.54. The van der Waals surface area contributed by atoms with Gasteiger partial charge in [0.05, 0.1) is 29.4 Å². The third kappa shape index (κ3) is 3.87. The molecular formula is C23H22N4O2. The third-order valence-electron chi connectivity index (χ3n) is 4.98. The fourth-order valence-electron chi connectivity index (χ4n) is 3.50. The van der Waals surface area contributed by atoms with Crippen LogP contribution in [-0.4, -0.2) is 31.8 Å². The van der Waals surface area contributed by atoms with Crippen LogP contribution in [0, 0.1) is 0 Å². The van der Waals surface area contributed by atoms with Crippen LogP contribution < -0.4 is 5.56 Å². The molecule has 2 heterocycles. The van der Waals surface area contributed by atoms with E-state index in [1.807, 2.05) is 50.2 Å². The lowest BCUT2D eigenvalue weighted by atomic mass is 10.1. The lowest BCUT2D eigenvalue weighted by molar-refractivity contribution is -0.132. The van der Waals surface area contributed by atoms with Crippen molar-refractivity contribution in [3.63, 3.8) is 0 Å². The summed E-state index contributed by atoms with van der Waals surface area (Å²) in [5.41, 5.74) is 2.16. The molecule has 0 bridgehead atoms. The minimum Gasteiger partial charge on any atom is -0.333 e. The largest absolute Gasteiger partial charge is 0.333 e. The maximum atomic E-state index is 13.1. The van der Waals surface area contributed by atoms with Crippen LogP contribution in [0.15, 0.2) is 65.6 Å². The molecule has 1 N–H and O–H groups in total. The molecule has 0 fully saturated rings. The van der Waals surface area contributed by atoms with Crippen LogP contribution in [0.3, 0.4) is 0 Å². The monoisotopic (exact) mass is 386 g/mol. The van der Waals surface area contributed by atoms with Crippen LogP contribution in [0.4, 0.5) is 0 Å². The first-order chi connectivity index (χ1) is 14.0. The summed E-state index contributed by atoms with van der Waals surface area (Å²) >= 11 is 0. The number of H-pyrrole nitrogens is 1. The molecule has 0 radical (unpaired) electrons. The van der Waals surface area contributed by atoms with E-state index in [4.69, 9.17) is 0 Å². The fourth-order valence-corrected chi connectivity index (χ4v) is 3.50. The number of pyridine rings is 1. The van der Waals surface area contributed by atoms with E-state index >= 15 is 0 Å². The Kier molecular flexibility index (Phi) is 5.08. The highest BCUT2D eigenvalue weighted by Gasteiger charge is 2.20. The second kappa shape index (κ2) is 7.83. The zero-order chi connectivity index (χ0) is 20.4. The van der Waals surface area contributed by atoms with Crippen molar-refractivity contribution in [3.05, 3.63) is 82.5 Å². The van der Waals surface area contributed by atoms with Crippen molar-refractivity contribution in [1.29, 1.82) is 0 Å². The third-order valence-corrected chi connectivity index (χ3v) is 4.98. The second-order valence-electron chi connectivity index (χ2n) is 7.31. The summed E-state index contributed by atoms with van der Waals surface area (Å²) in [6.07, 6.45) is 1.98. The molecule has 6 nitrogen and oxygen atoms in total. The Balaban J connectivity index is 1.62. The molecule has 1 amide bonds. The Bertz CT molecular complexity index is 1240. The van der Waals surface area contributed by atoms with Crippen molar-refractivity contribution in [1.82, 2.24) is 19.9 Å². The molecule has 0 aliphatic carbocycles. The van der Waals surface area contributed by atoms with Gasteiger partial charge in [-0.05, 0) is 37.6 Å². The number of para-hydroxylation sites is 2. The molecule has 4 aromatic rings. The average molecular weight is 386 g/mol. The maximum absolute atomic E-state index is 13.1. The lowest BCUT2D eigenvalue weighted by Gasteiger charge is -2.26. The molecular weight excluding hydrogens is 364 g/mol. The number of nitrogens with zero attached hydrogens (tertiary/aromatic N) is 3. The van der Waals surface area contributed by atoms with Gasteiger partial charge in [-0.15, -0.1) is 0 Å². The van der Waals surface area contributed by atoms with E-state index in [-0.39, 0.29) is 30.5 Å². The van der Waals surface area contributed by atoms with Crippen molar-refractivity contribution >= 4 is 27.7 Å². The van der Waals surface area contributed by atoms with E-state index in [1.54, 1.807) is 29.3 Å². The van der Waals surface area contributed by atoms with Crippen molar-refractivity contribution in [2.24, 2.45) is 0 Å². The van der Waals surface area contributed by atoms with Gasteiger partial charge in [0.25, 0.3) is 5.56 Å². The number of carbonyl (C=O) groups excluding carboxylic acids is 1. The van der Waals surface area contributed by atoms with E-state index in [1.165, 1.54) is 0 Å². The Labute approximate surface area is 168 Å². The highest BCUT2D eigenvalue weighted by atomic mass is 16.2. The topological polar surface area (TPSA) is 79.0 Å². The van der Waals surface area contributed by atoms with Gasteiger partial charge in [0.1, 0.15) is 5.82 Å². The van der Waals surface area contributed by atoms with Crippen LogP contribution in [-0.2, 0) is 17.8 Å². The molecule has 29 heavy (non-hydrogen) atoms. The van der Waals surface area contributed by atoms with Crippen LogP contribution in [0.25, 0.3) is 21.8 Å². The molecule has 0 unspecified atom stereocenters. The Morgan fingerprint density at radius 1 is 1.07 bits per heavy atom. The van der Waals surface area contributed by atoms with Crippen LogP contribution >= 0.6 is 0 Å². The molecule has 0 spiro atoms. The van der Waals surface area contributed by atoms with Gasteiger partial charge in [0, 0.05) is 17.6 Å². The number of amides is 1. The SMILES string of the molecule is CC(C)N(Cc1nc2ccccc2c(=O)[nH]1)C(=O)Cc1cccc2cccnc12. The number of fused-ring (bicyclic) bond motifs is 2. The zero-order valence-corrected chi connectivity index (χ0v) is 16.4. The van der Waals surface area contributed by atoms with Crippen molar-refractivity contribution in [3.8, 4) is 0 Å². The summed E-state index contributed by atoms with van der Waals surface area (Å²) < 4.78 is 0. The van der Waals surface area contributed by atoms with Gasteiger partial charge in [-0.2, -0.15) is 0 Å². The van der Waals surface area contributed by atoms with Gasteiger partial charge in [0.15, 0.2) is 0 Å². The van der Waals surface area contributed by atoms with E-state index < -0.39 is 0 Å². The second-order valence-corrected chi connectivity index (χ2v) is 7.31. The normalized spacial score (nSPS) is 11.3. The number of aromatic nitrogens is 3. The Morgan fingerprint density at radius 3 is 2.69 bits per heavy atom. The molecule has 0 aliphatic rings. The lowest BCUT2D eigenvalue weighted by Crippen LogP contribution is -2.38. The van der Waals surface area contributed by atoms with Gasteiger partial charge < -0.3 is 9.88 Å².